The molecule has 0 aromatic heterocycles. The summed E-state index contributed by atoms with van der Waals surface area (Å²) in [5.41, 5.74) is 0. The van der Waals surface area contributed by atoms with Crippen LogP contribution < -0.4 is 5.32 Å². The Morgan fingerprint density at radius 3 is 1.79 bits per heavy atom. The molecule has 0 aliphatic rings. The number of amides is 1. The standard InChI is InChI=1S/C23H48N2O4/c1-2-3-4-5-6-7-8-9-10-11-12-13-14-23(28)24-15-21-29-22-18-25(16-19-26)17-20-27/h26-27H,2-22H2,1H3,(H,24,28). The molecular weight excluding hydrogens is 368 g/mol. The van der Waals surface area contributed by atoms with Crippen molar-refractivity contribution in [3.63, 3.8) is 0 Å². The largest absolute Gasteiger partial charge is 0.395 e. The summed E-state index contributed by atoms with van der Waals surface area (Å²) >= 11 is 0. The average molecular weight is 417 g/mol. The van der Waals surface area contributed by atoms with Crippen LogP contribution in [0.3, 0.4) is 0 Å². The summed E-state index contributed by atoms with van der Waals surface area (Å²) in [5, 5.41) is 20.8. The summed E-state index contributed by atoms with van der Waals surface area (Å²) in [5.74, 6) is 0.114. The molecule has 0 unspecified atom stereocenters. The molecular formula is C23H48N2O4. The summed E-state index contributed by atoms with van der Waals surface area (Å²) < 4.78 is 5.50. The third-order valence-electron chi connectivity index (χ3n) is 5.21. The minimum atomic E-state index is 0.0786. The van der Waals surface area contributed by atoms with Crippen LogP contribution in [-0.2, 0) is 9.53 Å². The van der Waals surface area contributed by atoms with Gasteiger partial charge in [0.15, 0.2) is 0 Å². The molecule has 0 aliphatic carbocycles. The van der Waals surface area contributed by atoms with E-state index in [0.29, 0.717) is 45.8 Å². The first kappa shape index (κ1) is 28.3. The minimum absolute atomic E-state index is 0.0786. The lowest BCUT2D eigenvalue weighted by atomic mass is 10.0. The maximum atomic E-state index is 11.8. The molecule has 0 saturated heterocycles. The molecule has 174 valence electrons. The third-order valence-corrected chi connectivity index (χ3v) is 5.21. The van der Waals surface area contributed by atoms with E-state index in [9.17, 15) is 4.79 Å². The summed E-state index contributed by atoms with van der Waals surface area (Å²) in [7, 11) is 0. The molecule has 0 aromatic carbocycles. The van der Waals surface area contributed by atoms with Crippen molar-refractivity contribution in [2.45, 2.75) is 90.4 Å². The number of ether oxygens (including phenoxy) is 1. The van der Waals surface area contributed by atoms with Crippen molar-refractivity contribution >= 4 is 5.91 Å². The van der Waals surface area contributed by atoms with Crippen molar-refractivity contribution in [2.75, 3.05) is 52.6 Å². The first-order chi connectivity index (χ1) is 14.2. The molecule has 0 rings (SSSR count). The van der Waals surface area contributed by atoms with E-state index < -0.39 is 0 Å². The van der Waals surface area contributed by atoms with E-state index in [-0.39, 0.29) is 19.1 Å². The van der Waals surface area contributed by atoms with Gasteiger partial charge >= 0.3 is 0 Å². The Morgan fingerprint density at radius 1 is 0.759 bits per heavy atom. The van der Waals surface area contributed by atoms with E-state index in [1.807, 2.05) is 4.90 Å². The van der Waals surface area contributed by atoms with Crippen molar-refractivity contribution in [2.24, 2.45) is 0 Å². The quantitative estimate of drug-likeness (QED) is 0.222. The molecule has 29 heavy (non-hydrogen) atoms. The molecule has 3 N–H and O–H groups in total. The summed E-state index contributed by atoms with van der Waals surface area (Å²) in [6.45, 7) is 5.75. The van der Waals surface area contributed by atoms with Crippen LogP contribution >= 0.6 is 0 Å². The van der Waals surface area contributed by atoms with Gasteiger partial charge in [-0.15, -0.1) is 0 Å². The first-order valence-corrected chi connectivity index (χ1v) is 12.0. The van der Waals surface area contributed by atoms with Gasteiger partial charge in [0.1, 0.15) is 0 Å². The second-order valence-electron chi connectivity index (χ2n) is 7.89. The zero-order valence-electron chi connectivity index (χ0n) is 19.0. The smallest absolute Gasteiger partial charge is 0.220 e. The fourth-order valence-electron chi connectivity index (χ4n) is 3.39. The molecule has 6 heteroatoms. The highest BCUT2D eigenvalue weighted by atomic mass is 16.5. The van der Waals surface area contributed by atoms with Crippen LogP contribution in [0.15, 0.2) is 0 Å². The van der Waals surface area contributed by atoms with Crippen molar-refractivity contribution < 1.29 is 19.7 Å². The van der Waals surface area contributed by atoms with E-state index in [4.69, 9.17) is 14.9 Å². The van der Waals surface area contributed by atoms with Crippen LogP contribution in [0.25, 0.3) is 0 Å². The second kappa shape index (κ2) is 23.6. The van der Waals surface area contributed by atoms with Gasteiger partial charge in [-0.1, -0.05) is 77.6 Å². The normalized spacial score (nSPS) is 11.3. The van der Waals surface area contributed by atoms with E-state index in [1.165, 1.54) is 64.2 Å². The Hall–Kier alpha value is -0.690. The number of nitrogens with zero attached hydrogens (tertiary/aromatic N) is 1. The average Bonchev–Trinajstić information content (AvgIpc) is 2.71. The Labute approximate surface area is 179 Å². The Balaban J connectivity index is 3.30. The highest BCUT2D eigenvalue weighted by Gasteiger charge is 2.04. The highest BCUT2D eigenvalue weighted by Crippen LogP contribution is 2.12. The molecule has 0 heterocycles. The van der Waals surface area contributed by atoms with Gasteiger partial charge in [-0.05, 0) is 6.42 Å². The molecule has 6 nitrogen and oxygen atoms in total. The van der Waals surface area contributed by atoms with Crippen molar-refractivity contribution in [1.82, 2.24) is 10.2 Å². The molecule has 0 radical (unpaired) electrons. The van der Waals surface area contributed by atoms with Gasteiger partial charge in [-0.3, -0.25) is 9.69 Å². The van der Waals surface area contributed by atoms with Crippen molar-refractivity contribution in [3.05, 3.63) is 0 Å². The predicted octanol–water partition coefficient (Wildman–Crippen LogP) is 3.50. The molecule has 1 amide bonds. The van der Waals surface area contributed by atoms with Crippen LogP contribution in [0.5, 0.6) is 0 Å². The van der Waals surface area contributed by atoms with Gasteiger partial charge in [-0.2, -0.15) is 0 Å². The van der Waals surface area contributed by atoms with Crippen molar-refractivity contribution in [1.29, 1.82) is 0 Å². The van der Waals surface area contributed by atoms with E-state index in [1.54, 1.807) is 0 Å². The van der Waals surface area contributed by atoms with Gasteiger partial charge < -0.3 is 20.3 Å². The van der Waals surface area contributed by atoms with Gasteiger partial charge in [0.25, 0.3) is 0 Å². The molecule has 0 fully saturated rings. The number of aliphatic hydroxyl groups is 2. The number of carbonyl (C=O) groups excluding carboxylic acids is 1. The summed E-state index contributed by atoms with van der Waals surface area (Å²) in [4.78, 5) is 13.8. The van der Waals surface area contributed by atoms with Gasteiger partial charge in [-0.25, -0.2) is 0 Å². The first-order valence-electron chi connectivity index (χ1n) is 12.0. The molecule has 0 saturated carbocycles. The monoisotopic (exact) mass is 416 g/mol. The Kier molecular flexibility index (Phi) is 23.0. The van der Waals surface area contributed by atoms with Crippen molar-refractivity contribution in [3.8, 4) is 0 Å². The topological polar surface area (TPSA) is 82.0 Å². The lowest BCUT2D eigenvalue weighted by molar-refractivity contribution is -0.121. The van der Waals surface area contributed by atoms with Crippen LogP contribution in [0.2, 0.25) is 0 Å². The number of unbranched alkanes of at least 4 members (excludes halogenated alkanes) is 11. The number of nitrogens with one attached hydrogen (secondary N) is 1. The fraction of sp³-hybridized carbons (Fsp3) is 0.957. The van der Waals surface area contributed by atoms with E-state index in [2.05, 4.69) is 12.2 Å². The van der Waals surface area contributed by atoms with E-state index >= 15 is 0 Å². The zero-order valence-corrected chi connectivity index (χ0v) is 19.0. The molecule has 0 atom stereocenters. The van der Waals surface area contributed by atoms with Crippen LogP contribution in [0.1, 0.15) is 90.4 Å². The minimum Gasteiger partial charge on any atom is -0.395 e. The van der Waals surface area contributed by atoms with Gasteiger partial charge in [0, 0.05) is 32.6 Å². The van der Waals surface area contributed by atoms with Crippen LogP contribution in [-0.4, -0.2) is 73.6 Å². The van der Waals surface area contributed by atoms with Gasteiger partial charge in [0.05, 0.1) is 26.4 Å². The summed E-state index contributed by atoms with van der Waals surface area (Å²) in [6, 6.07) is 0. The highest BCUT2D eigenvalue weighted by molar-refractivity contribution is 5.75. The Morgan fingerprint density at radius 2 is 1.28 bits per heavy atom. The predicted molar refractivity (Wildman–Crippen MR) is 120 cm³/mol. The zero-order chi connectivity index (χ0) is 21.4. The number of carbonyl (C=O) groups is 1. The fourth-order valence-corrected chi connectivity index (χ4v) is 3.39. The molecule has 0 bridgehead atoms. The lowest BCUT2D eigenvalue weighted by Crippen LogP contribution is -2.33. The third kappa shape index (κ3) is 21.8. The SMILES string of the molecule is CCCCCCCCCCCCCCC(=O)NCCOCCN(CCO)CCO. The van der Waals surface area contributed by atoms with Crippen LogP contribution in [0.4, 0.5) is 0 Å². The molecule has 0 aliphatic heterocycles. The molecule has 0 aromatic rings. The second-order valence-corrected chi connectivity index (χ2v) is 7.89. The number of hydrogen-bond acceptors (Lipinski definition) is 5. The number of hydrogen-bond donors (Lipinski definition) is 3. The van der Waals surface area contributed by atoms with Gasteiger partial charge in [0.2, 0.25) is 5.91 Å². The number of rotatable bonds is 23. The number of aliphatic hydroxyl groups excluding tert-OH is 2. The molecule has 0 spiro atoms. The maximum Gasteiger partial charge on any atom is 0.220 e. The van der Waals surface area contributed by atoms with Crippen LogP contribution in [0, 0.1) is 0 Å². The Bertz CT molecular complexity index is 337. The van der Waals surface area contributed by atoms with E-state index in [0.717, 1.165) is 12.8 Å². The summed E-state index contributed by atoms with van der Waals surface area (Å²) in [6.07, 6.45) is 16.3. The maximum absolute atomic E-state index is 11.8. The lowest BCUT2D eigenvalue weighted by Gasteiger charge is -2.19.